The molecule has 0 unspecified atom stereocenters. The van der Waals surface area contributed by atoms with Crippen molar-refractivity contribution in [2.24, 2.45) is 0 Å². The number of nitrogens with one attached hydrogen (secondary N) is 2. The van der Waals surface area contributed by atoms with Crippen LogP contribution in [0.1, 0.15) is 83.0 Å². The summed E-state index contributed by atoms with van der Waals surface area (Å²) in [6.07, 6.45) is 3.87. The van der Waals surface area contributed by atoms with Gasteiger partial charge >= 0.3 is 0 Å². The lowest BCUT2D eigenvalue weighted by atomic mass is 9.78. The molecule has 4 aromatic rings. The molecule has 9 nitrogen and oxygen atoms in total. The van der Waals surface area contributed by atoms with E-state index in [2.05, 4.69) is 31.0 Å². The van der Waals surface area contributed by atoms with E-state index in [0.717, 1.165) is 58.1 Å². The van der Waals surface area contributed by atoms with E-state index >= 15 is 0 Å². The van der Waals surface area contributed by atoms with Crippen LogP contribution in [0.3, 0.4) is 0 Å². The molecule has 2 N–H and O–H groups in total. The van der Waals surface area contributed by atoms with Crippen LogP contribution in [0, 0.1) is 0 Å². The fourth-order valence-electron chi connectivity index (χ4n) is 6.51. The van der Waals surface area contributed by atoms with Gasteiger partial charge in [-0.05, 0) is 66.8 Å². The molecule has 2 amide bonds. The minimum absolute atomic E-state index is 0.152. The summed E-state index contributed by atoms with van der Waals surface area (Å²) in [5.74, 6) is 0.324. The second kappa shape index (κ2) is 13.5. The van der Waals surface area contributed by atoms with Gasteiger partial charge in [-0.15, -0.1) is 20.4 Å². The topological polar surface area (TPSA) is 113 Å². The summed E-state index contributed by atoms with van der Waals surface area (Å²) in [6.45, 7) is 0.784. The number of anilines is 3. The number of carbonyl (C=O) groups is 2. The Labute approximate surface area is 273 Å². The fourth-order valence-corrected chi connectivity index (χ4v) is 8.33. The molecule has 0 radical (unpaired) electrons. The average Bonchev–Trinajstić information content (AvgIpc) is 3.68. The van der Waals surface area contributed by atoms with Crippen LogP contribution in [0.2, 0.25) is 0 Å². The lowest BCUT2D eigenvalue weighted by Gasteiger charge is -2.36. The highest BCUT2D eigenvalue weighted by Crippen LogP contribution is 2.44. The fraction of sp³-hybridized carbons (Fsp3) is 0.455. The monoisotopic (exact) mass is 663 g/mol. The summed E-state index contributed by atoms with van der Waals surface area (Å²) in [5, 5.41) is 25.9. The van der Waals surface area contributed by atoms with Crippen LogP contribution in [0.25, 0.3) is 0 Å². The van der Waals surface area contributed by atoms with Crippen LogP contribution in [0.15, 0.2) is 48.5 Å². The molecular weight excluding hydrogens is 629 g/mol. The number of hydrogen-bond acceptors (Lipinski definition) is 9. The number of aromatic nitrogens is 4. The van der Waals surface area contributed by atoms with Gasteiger partial charge < -0.3 is 15.5 Å². The third-order valence-corrected chi connectivity index (χ3v) is 11.1. The molecule has 1 aliphatic heterocycles. The quantitative estimate of drug-likeness (QED) is 0.197. The summed E-state index contributed by atoms with van der Waals surface area (Å²) in [5.41, 5.74) is 3.79. The third kappa shape index (κ3) is 7.25. The van der Waals surface area contributed by atoms with Crippen molar-refractivity contribution in [3.05, 3.63) is 75.2 Å². The minimum Gasteiger partial charge on any atom is -0.366 e. The van der Waals surface area contributed by atoms with Crippen molar-refractivity contribution in [1.29, 1.82) is 0 Å². The first kappa shape index (κ1) is 30.8. The molecule has 240 valence electrons. The van der Waals surface area contributed by atoms with Crippen molar-refractivity contribution >= 4 is 50.4 Å². The molecule has 2 atom stereocenters. The molecule has 7 rings (SSSR count). The van der Waals surface area contributed by atoms with Crippen LogP contribution < -0.4 is 15.5 Å². The molecular formula is C33H35F2N7O2S2. The molecule has 0 spiro atoms. The van der Waals surface area contributed by atoms with E-state index in [4.69, 9.17) is 0 Å². The van der Waals surface area contributed by atoms with Gasteiger partial charge in [0.05, 0.1) is 25.9 Å². The van der Waals surface area contributed by atoms with Gasteiger partial charge in [0.15, 0.2) is 0 Å². The van der Waals surface area contributed by atoms with Crippen molar-refractivity contribution in [3.63, 3.8) is 0 Å². The van der Waals surface area contributed by atoms with E-state index in [1.807, 2.05) is 53.4 Å². The summed E-state index contributed by atoms with van der Waals surface area (Å²) >= 11 is 2.82. The highest BCUT2D eigenvalue weighted by Gasteiger charge is 2.31. The smallest absolute Gasteiger partial charge is 0.230 e. The lowest BCUT2D eigenvalue weighted by molar-refractivity contribution is -0.116. The van der Waals surface area contributed by atoms with Crippen LogP contribution in [0.4, 0.5) is 24.7 Å². The molecule has 2 aromatic heterocycles. The predicted molar refractivity (Wildman–Crippen MR) is 175 cm³/mol. The van der Waals surface area contributed by atoms with Crippen molar-refractivity contribution in [2.45, 2.75) is 81.5 Å². The zero-order chi connectivity index (χ0) is 31.6. The second-order valence-electron chi connectivity index (χ2n) is 12.6. The number of benzene rings is 2. The first-order valence-electron chi connectivity index (χ1n) is 15.8. The number of amides is 2. The van der Waals surface area contributed by atoms with Gasteiger partial charge in [0, 0.05) is 17.5 Å². The maximum Gasteiger partial charge on any atom is 0.230 e. The second-order valence-corrected chi connectivity index (χ2v) is 14.6. The van der Waals surface area contributed by atoms with Crippen molar-refractivity contribution < 1.29 is 18.4 Å². The molecule has 1 saturated heterocycles. The van der Waals surface area contributed by atoms with E-state index in [9.17, 15) is 18.4 Å². The Balaban J connectivity index is 0.904. The van der Waals surface area contributed by atoms with Gasteiger partial charge in [0.25, 0.3) is 0 Å². The van der Waals surface area contributed by atoms with Crippen LogP contribution in [-0.4, -0.2) is 57.6 Å². The summed E-state index contributed by atoms with van der Waals surface area (Å²) in [7, 11) is 0. The Morgan fingerprint density at radius 2 is 1.33 bits per heavy atom. The number of carbonyl (C=O) groups excluding carboxylic acids is 2. The molecule has 13 heteroatoms. The number of halogens is 2. The van der Waals surface area contributed by atoms with E-state index in [1.165, 1.54) is 22.7 Å². The van der Waals surface area contributed by atoms with Gasteiger partial charge in [0.2, 0.25) is 22.1 Å². The van der Waals surface area contributed by atoms with E-state index in [1.54, 1.807) is 0 Å². The molecule has 2 aromatic carbocycles. The highest BCUT2D eigenvalue weighted by molar-refractivity contribution is 7.15. The van der Waals surface area contributed by atoms with Gasteiger partial charge in [-0.1, -0.05) is 65.5 Å². The van der Waals surface area contributed by atoms with Crippen molar-refractivity contribution in [1.82, 2.24) is 20.4 Å². The zero-order valence-electron chi connectivity index (χ0n) is 25.2. The first-order valence-corrected chi connectivity index (χ1v) is 17.5. The molecule has 0 bridgehead atoms. The number of alkyl halides is 2. The molecule has 3 heterocycles. The maximum absolute atomic E-state index is 13.3. The summed E-state index contributed by atoms with van der Waals surface area (Å²) in [6, 6.07) is 15.5. The average molecular weight is 664 g/mol. The van der Waals surface area contributed by atoms with Gasteiger partial charge in [-0.25, -0.2) is 8.78 Å². The Morgan fingerprint density at radius 1 is 0.739 bits per heavy atom. The summed E-state index contributed by atoms with van der Waals surface area (Å²) in [4.78, 5) is 27.5. The number of rotatable bonds is 10. The molecule has 46 heavy (non-hydrogen) atoms. The lowest BCUT2D eigenvalue weighted by Crippen LogP contribution is -2.48. The molecule has 2 saturated carbocycles. The van der Waals surface area contributed by atoms with E-state index < -0.39 is 12.3 Å². The molecule has 2 aliphatic carbocycles. The van der Waals surface area contributed by atoms with E-state index in [-0.39, 0.29) is 42.4 Å². The highest BCUT2D eigenvalue weighted by atomic mass is 32.1. The first-order chi connectivity index (χ1) is 22.3. The number of nitrogens with zero attached hydrogens (tertiary/aromatic N) is 5. The van der Waals surface area contributed by atoms with Crippen LogP contribution in [-0.2, 0) is 22.4 Å². The Bertz CT molecular complexity index is 1580. The van der Waals surface area contributed by atoms with Crippen molar-refractivity contribution in [3.8, 4) is 0 Å². The van der Waals surface area contributed by atoms with E-state index in [0.29, 0.717) is 36.2 Å². The SMILES string of the molecule is O=C(Cc1cccc(C2CC(F)C2)c1)Nc1nnc([C@H]2CCC[C@H](c3nnc(NC(=O)Cc4cccc(N5CC(F)C5)c4)s3)C2)s1. The van der Waals surface area contributed by atoms with Gasteiger partial charge in [0.1, 0.15) is 22.4 Å². The zero-order valence-corrected chi connectivity index (χ0v) is 26.8. The Kier molecular flexibility index (Phi) is 9.03. The van der Waals surface area contributed by atoms with Gasteiger partial charge in [-0.3, -0.25) is 9.59 Å². The predicted octanol–water partition coefficient (Wildman–Crippen LogP) is 6.57. The normalized spacial score (nSPS) is 23.0. The Morgan fingerprint density at radius 3 is 1.91 bits per heavy atom. The largest absolute Gasteiger partial charge is 0.366 e. The molecule has 3 aliphatic rings. The van der Waals surface area contributed by atoms with Crippen LogP contribution in [0.5, 0.6) is 0 Å². The van der Waals surface area contributed by atoms with Crippen molar-refractivity contribution in [2.75, 3.05) is 28.6 Å². The standard InChI is InChI=1S/C33H35F2N7O2S2/c34-25-15-24(16-25)21-6-1-4-19(10-21)12-28(43)36-32-40-38-30(45-32)22-7-3-8-23(14-22)31-39-41-33(46-31)37-29(44)13-20-5-2-9-27(11-20)42-17-26(35)18-42/h1-2,4-6,9-11,22-26H,3,7-8,12-18H2,(H,36,40,43)(H,37,41,44)/t22-,23-,24?,25?/m0/s1. The molecule has 3 fully saturated rings. The van der Waals surface area contributed by atoms with Gasteiger partial charge in [-0.2, -0.15) is 0 Å². The minimum atomic E-state index is -0.785. The van der Waals surface area contributed by atoms with Crippen LogP contribution >= 0.6 is 22.7 Å². The summed E-state index contributed by atoms with van der Waals surface area (Å²) < 4.78 is 26.5. The third-order valence-electron chi connectivity index (χ3n) is 9.09. The number of hydrogen-bond donors (Lipinski definition) is 2. The maximum atomic E-state index is 13.3. The Hall–Kier alpha value is -3.84.